The van der Waals surface area contributed by atoms with Gasteiger partial charge in [-0.2, -0.15) is 0 Å². The van der Waals surface area contributed by atoms with E-state index in [0.717, 1.165) is 23.2 Å². The number of amides is 2. The molecule has 0 radical (unpaired) electrons. The second kappa shape index (κ2) is 10.2. The van der Waals surface area contributed by atoms with Crippen LogP contribution in [0.1, 0.15) is 30.0 Å². The van der Waals surface area contributed by atoms with E-state index in [2.05, 4.69) is 22.8 Å². The van der Waals surface area contributed by atoms with E-state index < -0.39 is 6.04 Å². The van der Waals surface area contributed by atoms with Crippen molar-refractivity contribution in [2.45, 2.75) is 32.2 Å². The smallest absolute Gasteiger partial charge is 0.247 e. The Morgan fingerprint density at radius 2 is 1.38 bits per heavy atom. The highest BCUT2D eigenvalue weighted by molar-refractivity contribution is 5.98. The van der Waals surface area contributed by atoms with Gasteiger partial charge >= 0.3 is 0 Å². The van der Waals surface area contributed by atoms with Gasteiger partial charge in [0.1, 0.15) is 6.04 Å². The number of hydrogen-bond donors (Lipinski definition) is 2. The third-order valence-electron chi connectivity index (χ3n) is 4.77. The fraction of sp³-hybridized carbons (Fsp3) is 0.200. The van der Waals surface area contributed by atoms with E-state index in [0.29, 0.717) is 12.8 Å². The van der Waals surface area contributed by atoms with Crippen molar-refractivity contribution in [3.63, 3.8) is 0 Å². The SMILES string of the molecule is CCC(=O)N[C@@H](Cc1ccccc1)C(=O)Nc1ccccc1Cc1ccccc1. The van der Waals surface area contributed by atoms with Gasteiger partial charge in [0.05, 0.1) is 0 Å². The van der Waals surface area contributed by atoms with E-state index in [9.17, 15) is 9.59 Å². The molecule has 0 heterocycles. The van der Waals surface area contributed by atoms with Crippen LogP contribution >= 0.6 is 0 Å². The molecule has 0 aliphatic carbocycles. The van der Waals surface area contributed by atoms with Crippen molar-refractivity contribution in [3.8, 4) is 0 Å². The van der Waals surface area contributed by atoms with Gasteiger partial charge in [-0.3, -0.25) is 9.59 Å². The molecular formula is C25H26N2O2. The molecule has 0 aliphatic rings. The lowest BCUT2D eigenvalue weighted by Gasteiger charge is -2.20. The van der Waals surface area contributed by atoms with Crippen LogP contribution in [0.15, 0.2) is 84.9 Å². The van der Waals surface area contributed by atoms with Crippen LogP contribution in [0, 0.1) is 0 Å². The summed E-state index contributed by atoms with van der Waals surface area (Å²) < 4.78 is 0. The third kappa shape index (κ3) is 6.04. The van der Waals surface area contributed by atoms with E-state index in [1.807, 2.05) is 72.8 Å². The molecule has 0 unspecified atom stereocenters. The molecule has 0 aliphatic heterocycles. The summed E-state index contributed by atoms with van der Waals surface area (Å²) in [5.74, 6) is -0.352. The van der Waals surface area contributed by atoms with Crippen molar-refractivity contribution >= 4 is 17.5 Å². The summed E-state index contributed by atoms with van der Waals surface area (Å²) >= 11 is 0. The summed E-state index contributed by atoms with van der Waals surface area (Å²) in [4.78, 5) is 25.0. The van der Waals surface area contributed by atoms with Gasteiger partial charge in [0.2, 0.25) is 11.8 Å². The molecule has 0 aromatic heterocycles. The Hall–Kier alpha value is -3.40. The van der Waals surface area contributed by atoms with Crippen LogP contribution in [0.25, 0.3) is 0 Å². The standard InChI is InChI=1S/C25H26N2O2/c1-2-24(28)26-23(18-20-13-7-4-8-14-20)25(29)27-22-16-10-9-15-21(22)17-19-11-5-3-6-12-19/h3-16,23H,2,17-18H2,1H3,(H,26,28)(H,27,29)/t23-/m0/s1. The van der Waals surface area contributed by atoms with Crippen LogP contribution in [0.2, 0.25) is 0 Å². The predicted molar refractivity (Wildman–Crippen MR) is 117 cm³/mol. The zero-order valence-corrected chi connectivity index (χ0v) is 16.6. The molecule has 29 heavy (non-hydrogen) atoms. The molecule has 1 atom stereocenters. The summed E-state index contributed by atoms with van der Waals surface area (Å²) in [5.41, 5.74) is 3.98. The van der Waals surface area contributed by atoms with Crippen LogP contribution in [0.3, 0.4) is 0 Å². The molecule has 2 amide bonds. The third-order valence-corrected chi connectivity index (χ3v) is 4.77. The fourth-order valence-electron chi connectivity index (χ4n) is 3.19. The van der Waals surface area contributed by atoms with Crippen LogP contribution in [-0.4, -0.2) is 17.9 Å². The number of anilines is 1. The summed E-state index contributed by atoms with van der Waals surface area (Å²) in [7, 11) is 0. The zero-order valence-electron chi connectivity index (χ0n) is 16.6. The van der Waals surface area contributed by atoms with E-state index in [-0.39, 0.29) is 11.8 Å². The fourth-order valence-corrected chi connectivity index (χ4v) is 3.19. The molecule has 148 valence electrons. The van der Waals surface area contributed by atoms with E-state index in [1.165, 1.54) is 5.56 Å². The molecule has 3 aromatic carbocycles. The number of carbonyl (C=O) groups excluding carboxylic acids is 2. The van der Waals surface area contributed by atoms with E-state index >= 15 is 0 Å². The van der Waals surface area contributed by atoms with Crippen LogP contribution in [-0.2, 0) is 22.4 Å². The lowest BCUT2D eigenvalue weighted by Crippen LogP contribution is -2.45. The maximum Gasteiger partial charge on any atom is 0.247 e. The van der Waals surface area contributed by atoms with Crippen molar-refractivity contribution in [1.29, 1.82) is 0 Å². The molecule has 0 saturated heterocycles. The molecule has 4 nitrogen and oxygen atoms in total. The monoisotopic (exact) mass is 386 g/mol. The summed E-state index contributed by atoms with van der Waals surface area (Å²) in [5, 5.41) is 5.88. The van der Waals surface area contributed by atoms with Gasteiger partial charge in [0.25, 0.3) is 0 Å². The molecular weight excluding hydrogens is 360 g/mol. The van der Waals surface area contributed by atoms with Crippen molar-refractivity contribution in [3.05, 3.63) is 102 Å². The molecule has 0 bridgehead atoms. The van der Waals surface area contributed by atoms with Gasteiger partial charge in [0, 0.05) is 18.5 Å². The quantitative estimate of drug-likeness (QED) is 0.605. The molecule has 3 aromatic rings. The van der Waals surface area contributed by atoms with Gasteiger partial charge in [0.15, 0.2) is 0 Å². The molecule has 3 rings (SSSR count). The largest absolute Gasteiger partial charge is 0.344 e. The number of hydrogen-bond acceptors (Lipinski definition) is 2. The average Bonchev–Trinajstić information content (AvgIpc) is 2.76. The Morgan fingerprint density at radius 3 is 2.03 bits per heavy atom. The second-order valence-electron chi connectivity index (χ2n) is 6.97. The number of carbonyl (C=O) groups is 2. The topological polar surface area (TPSA) is 58.2 Å². The molecule has 2 N–H and O–H groups in total. The molecule has 4 heteroatoms. The van der Waals surface area contributed by atoms with Crippen molar-refractivity contribution < 1.29 is 9.59 Å². The number of benzene rings is 3. The Kier molecular flexibility index (Phi) is 7.17. The predicted octanol–water partition coefficient (Wildman–Crippen LogP) is 4.35. The van der Waals surface area contributed by atoms with Gasteiger partial charge in [-0.05, 0) is 29.2 Å². The first-order valence-corrected chi connectivity index (χ1v) is 9.91. The van der Waals surface area contributed by atoms with Gasteiger partial charge in [-0.1, -0.05) is 85.8 Å². The van der Waals surface area contributed by atoms with Crippen LogP contribution in [0.4, 0.5) is 5.69 Å². The van der Waals surface area contributed by atoms with Crippen molar-refractivity contribution in [2.24, 2.45) is 0 Å². The minimum atomic E-state index is -0.630. The summed E-state index contributed by atoms with van der Waals surface area (Å²) in [6.45, 7) is 1.78. The second-order valence-corrected chi connectivity index (χ2v) is 6.97. The minimum Gasteiger partial charge on any atom is -0.344 e. The Bertz CT molecular complexity index is 939. The average molecular weight is 386 g/mol. The van der Waals surface area contributed by atoms with Crippen LogP contribution in [0.5, 0.6) is 0 Å². The normalized spacial score (nSPS) is 11.5. The number of rotatable bonds is 8. The first-order valence-electron chi connectivity index (χ1n) is 9.91. The maximum absolute atomic E-state index is 13.0. The minimum absolute atomic E-state index is 0.140. The highest BCUT2D eigenvalue weighted by atomic mass is 16.2. The Labute approximate surface area is 172 Å². The maximum atomic E-state index is 13.0. The summed E-state index contributed by atoms with van der Waals surface area (Å²) in [6.07, 6.45) is 1.50. The molecule has 0 spiro atoms. The van der Waals surface area contributed by atoms with Crippen molar-refractivity contribution in [1.82, 2.24) is 5.32 Å². The number of para-hydroxylation sites is 1. The van der Waals surface area contributed by atoms with E-state index in [4.69, 9.17) is 0 Å². The Balaban J connectivity index is 1.77. The van der Waals surface area contributed by atoms with Crippen LogP contribution < -0.4 is 10.6 Å². The first-order chi connectivity index (χ1) is 14.2. The summed E-state index contributed by atoms with van der Waals surface area (Å²) in [6, 6.07) is 27.0. The Morgan fingerprint density at radius 1 is 0.793 bits per heavy atom. The zero-order chi connectivity index (χ0) is 20.5. The van der Waals surface area contributed by atoms with Gasteiger partial charge in [-0.25, -0.2) is 0 Å². The van der Waals surface area contributed by atoms with E-state index in [1.54, 1.807) is 6.92 Å². The highest BCUT2D eigenvalue weighted by Gasteiger charge is 2.21. The van der Waals surface area contributed by atoms with Gasteiger partial charge in [-0.15, -0.1) is 0 Å². The first kappa shape index (κ1) is 20.3. The molecule has 0 fully saturated rings. The van der Waals surface area contributed by atoms with Crippen molar-refractivity contribution in [2.75, 3.05) is 5.32 Å². The lowest BCUT2D eigenvalue weighted by atomic mass is 10.0. The highest BCUT2D eigenvalue weighted by Crippen LogP contribution is 2.20. The number of nitrogens with one attached hydrogen (secondary N) is 2. The van der Waals surface area contributed by atoms with Gasteiger partial charge < -0.3 is 10.6 Å². The lowest BCUT2D eigenvalue weighted by molar-refractivity contribution is -0.126. The molecule has 0 saturated carbocycles.